The molecule has 1 saturated heterocycles. The van der Waals surface area contributed by atoms with E-state index in [1.54, 1.807) is 36.1 Å². The zero-order valence-corrected chi connectivity index (χ0v) is 25.2. The summed E-state index contributed by atoms with van der Waals surface area (Å²) < 4.78 is 53.2. The van der Waals surface area contributed by atoms with Crippen LogP contribution in [-0.2, 0) is 17.5 Å². The Labute approximate surface area is 262 Å². The Balaban J connectivity index is 1.35. The highest BCUT2D eigenvalue weighted by Crippen LogP contribution is 2.38. The molecule has 13 heteroatoms. The number of aromatic carboxylic acids is 1. The molecule has 3 heterocycles. The van der Waals surface area contributed by atoms with Gasteiger partial charge in [0.2, 0.25) is 0 Å². The van der Waals surface area contributed by atoms with Crippen LogP contribution in [-0.4, -0.2) is 56.5 Å². The molecule has 5 rings (SSSR count). The van der Waals surface area contributed by atoms with Crippen LogP contribution in [0.1, 0.15) is 58.4 Å². The third kappa shape index (κ3) is 6.90. The summed E-state index contributed by atoms with van der Waals surface area (Å²) in [5, 5.41) is 13.2. The molecule has 9 nitrogen and oxygen atoms in total. The van der Waals surface area contributed by atoms with Crippen LogP contribution in [0.5, 0.6) is 5.75 Å². The van der Waals surface area contributed by atoms with Gasteiger partial charge in [-0.2, -0.15) is 18.3 Å². The molecule has 0 aliphatic carbocycles. The average Bonchev–Trinajstić information content (AvgIpc) is 3.48. The highest BCUT2D eigenvalue weighted by molar-refractivity contribution is 6.32. The van der Waals surface area contributed by atoms with Gasteiger partial charge in [-0.1, -0.05) is 41.9 Å². The second kappa shape index (κ2) is 13.2. The van der Waals surface area contributed by atoms with Gasteiger partial charge in [0.25, 0.3) is 0 Å². The number of hydrogen-bond acceptors (Lipinski definition) is 6. The first-order valence-corrected chi connectivity index (χ1v) is 14.6. The molecule has 1 amide bonds. The van der Waals surface area contributed by atoms with Crippen molar-refractivity contribution in [1.82, 2.24) is 19.7 Å². The number of nitrogens with zero attached hydrogens (tertiary/aromatic N) is 4. The molecule has 2 aromatic carbocycles. The lowest BCUT2D eigenvalue weighted by molar-refractivity contribution is -0.143. The smallest absolute Gasteiger partial charge is 0.434 e. The van der Waals surface area contributed by atoms with Gasteiger partial charge in [-0.25, -0.2) is 19.3 Å². The van der Waals surface area contributed by atoms with E-state index in [9.17, 15) is 27.9 Å². The van der Waals surface area contributed by atoms with Gasteiger partial charge in [-0.05, 0) is 73.6 Å². The largest absolute Gasteiger partial charge is 0.487 e. The number of aromatic nitrogens is 3. The molecule has 0 bridgehead atoms. The van der Waals surface area contributed by atoms with Gasteiger partial charge in [0.15, 0.2) is 11.5 Å². The number of likely N-dealkylation sites (tertiary alicyclic amines) is 1. The van der Waals surface area contributed by atoms with E-state index < -0.39 is 23.4 Å². The Morgan fingerprint density at radius 1 is 1.09 bits per heavy atom. The SMILES string of the molecule is CCOC(=O)N1CCC(c2ccc(COc3c(Cl)cccc3-c3cccc(-n4ncc(C(=O)O)c4C(F)(F)F)n3)cc2C)CC1. The number of carboxylic acids is 1. The predicted molar refractivity (Wildman–Crippen MR) is 160 cm³/mol. The number of ether oxygens (including phenoxy) is 2. The number of hydrogen-bond donors (Lipinski definition) is 1. The monoisotopic (exact) mass is 642 g/mol. The fourth-order valence-electron chi connectivity index (χ4n) is 5.53. The van der Waals surface area contributed by atoms with Crippen LogP contribution in [0.3, 0.4) is 0 Å². The molecule has 1 fully saturated rings. The summed E-state index contributed by atoms with van der Waals surface area (Å²) in [5.74, 6) is -1.37. The van der Waals surface area contributed by atoms with Crippen LogP contribution < -0.4 is 4.74 Å². The molecule has 4 aromatic rings. The number of rotatable bonds is 8. The summed E-state index contributed by atoms with van der Waals surface area (Å²) >= 11 is 6.52. The van der Waals surface area contributed by atoms with Gasteiger partial charge in [-0.15, -0.1) is 0 Å². The lowest BCUT2D eigenvalue weighted by Gasteiger charge is -2.32. The number of para-hydroxylation sites is 1. The fourth-order valence-corrected chi connectivity index (χ4v) is 5.76. The molecule has 0 spiro atoms. The standard InChI is InChI=1S/C32H30ClF3N4O5/c1-3-44-31(43)39-14-12-21(13-15-39)22-11-10-20(16-19(22)2)18-45-28-23(6-4-7-25(28)33)26-8-5-9-27(38-26)40-29(32(34,35)36)24(17-37-40)30(41)42/h4-11,16-17,21H,3,12-15,18H2,1-2H3,(H,41,42). The summed E-state index contributed by atoms with van der Waals surface area (Å²) in [4.78, 5) is 29.6. The first-order valence-electron chi connectivity index (χ1n) is 14.3. The summed E-state index contributed by atoms with van der Waals surface area (Å²) in [6.45, 7) is 5.61. The topological polar surface area (TPSA) is 107 Å². The van der Waals surface area contributed by atoms with E-state index in [0.717, 1.165) is 24.0 Å². The summed E-state index contributed by atoms with van der Waals surface area (Å²) in [5.41, 5.74) is 1.47. The molecule has 0 saturated carbocycles. The zero-order chi connectivity index (χ0) is 32.3. The number of pyridine rings is 1. The number of amides is 1. The molecule has 236 valence electrons. The maximum Gasteiger partial charge on any atom is 0.434 e. The van der Waals surface area contributed by atoms with Gasteiger partial charge in [0, 0.05) is 18.7 Å². The first-order chi connectivity index (χ1) is 21.5. The van der Waals surface area contributed by atoms with Gasteiger partial charge >= 0.3 is 18.2 Å². The van der Waals surface area contributed by atoms with Crippen molar-refractivity contribution in [1.29, 1.82) is 0 Å². The number of aryl methyl sites for hydroxylation is 1. The number of carbonyl (C=O) groups excluding carboxylic acids is 1. The number of benzene rings is 2. The van der Waals surface area contributed by atoms with Crippen molar-refractivity contribution in [2.45, 2.75) is 45.4 Å². The van der Waals surface area contributed by atoms with E-state index in [1.165, 1.54) is 17.7 Å². The quantitative estimate of drug-likeness (QED) is 0.212. The van der Waals surface area contributed by atoms with Gasteiger partial charge in [-0.3, -0.25) is 0 Å². The van der Waals surface area contributed by atoms with E-state index in [-0.39, 0.29) is 29.2 Å². The van der Waals surface area contributed by atoms with Crippen molar-refractivity contribution < 1.29 is 37.3 Å². The van der Waals surface area contributed by atoms with E-state index in [0.29, 0.717) is 47.8 Å². The minimum absolute atomic E-state index is 0.165. The van der Waals surface area contributed by atoms with Crippen molar-refractivity contribution in [3.05, 3.63) is 93.8 Å². The van der Waals surface area contributed by atoms with E-state index in [2.05, 4.69) is 16.1 Å². The Morgan fingerprint density at radius 2 is 1.82 bits per heavy atom. The molecule has 45 heavy (non-hydrogen) atoms. The van der Waals surface area contributed by atoms with Crippen molar-refractivity contribution in [3.63, 3.8) is 0 Å². The Bertz CT molecular complexity index is 1720. The molecule has 0 unspecified atom stereocenters. The van der Waals surface area contributed by atoms with E-state index in [1.807, 2.05) is 19.1 Å². The van der Waals surface area contributed by atoms with Crippen LogP contribution in [0, 0.1) is 6.92 Å². The van der Waals surface area contributed by atoms with Crippen molar-refractivity contribution in [2.75, 3.05) is 19.7 Å². The highest BCUT2D eigenvalue weighted by Gasteiger charge is 2.41. The molecule has 1 aliphatic heterocycles. The molecule has 0 atom stereocenters. The Morgan fingerprint density at radius 3 is 2.49 bits per heavy atom. The van der Waals surface area contributed by atoms with Crippen molar-refractivity contribution in [3.8, 4) is 22.8 Å². The molecular weight excluding hydrogens is 613 g/mol. The van der Waals surface area contributed by atoms with Crippen molar-refractivity contribution in [2.24, 2.45) is 0 Å². The number of carboxylic acid groups (broad SMARTS) is 1. The second-order valence-electron chi connectivity index (χ2n) is 10.6. The minimum Gasteiger partial charge on any atom is -0.487 e. The van der Waals surface area contributed by atoms with Crippen LogP contribution >= 0.6 is 11.6 Å². The molecule has 0 radical (unpaired) electrons. The van der Waals surface area contributed by atoms with Crippen LogP contribution in [0.2, 0.25) is 5.02 Å². The van der Waals surface area contributed by atoms with Crippen LogP contribution in [0.25, 0.3) is 17.1 Å². The number of alkyl halides is 3. The number of carbonyl (C=O) groups is 2. The van der Waals surface area contributed by atoms with E-state index >= 15 is 0 Å². The fraction of sp³-hybridized carbons (Fsp3) is 0.312. The average molecular weight is 643 g/mol. The minimum atomic E-state index is -4.99. The lowest BCUT2D eigenvalue weighted by atomic mass is 9.86. The number of piperidine rings is 1. The van der Waals surface area contributed by atoms with Crippen molar-refractivity contribution >= 4 is 23.7 Å². The molecule has 2 aromatic heterocycles. The third-order valence-electron chi connectivity index (χ3n) is 7.64. The predicted octanol–water partition coefficient (Wildman–Crippen LogP) is 7.53. The maximum absolute atomic E-state index is 13.8. The van der Waals surface area contributed by atoms with Gasteiger partial charge in [0.1, 0.15) is 17.9 Å². The van der Waals surface area contributed by atoms with Gasteiger partial charge in [0.05, 0.1) is 23.5 Å². The summed E-state index contributed by atoms with van der Waals surface area (Å²) in [7, 11) is 0. The maximum atomic E-state index is 13.8. The molecule has 1 N–H and O–H groups in total. The Hall–Kier alpha value is -4.58. The summed E-state index contributed by atoms with van der Waals surface area (Å²) in [6.07, 6.45) is -2.94. The normalized spacial score (nSPS) is 14.0. The molecular formula is C32H30ClF3N4O5. The van der Waals surface area contributed by atoms with E-state index in [4.69, 9.17) is 21.1 Å². The number of halogens is 4. The first kappa shape index (κ1) is 31.8. The second-order valence-corrected chi connectivity index (χ2v) is 11.0. The van der Waals surface area contributed by atoms with Gasteiger partial charge < -0.3 is 19.5 Å². The summed E-state index contributed by atoms with van der Waals surface area (Å²) in [6, 6.07) is 15.5. The highest BCUT2D eigenvalue weighted by atomic mass is 35.5. The van der Waals surface area contributed by atoms with Crippen LogP contribution in [0.4, 0.5) is 18.0 Å². The molecule has 1 aliphatic rings. The lowest BCUT2D eigenvalue weighted by Crippen LogP contribution is -2.38. The zero-order valence-electron chi connectivity index (χ0n) is 24.5. The Kier molecular flexibility index (Phi) is 9.33. The van der Waals surface area contributed by atoms with Crippen LogP contribution in [0.15, 0.2) is 60.8 Å². The third-order valence-corrected chi connectivity index (χ3v) is 7.94.